The van der Waals surface area contributed by atoms with Gasteiger partial charge in [-0.25, -0.2) is 14.5 Å². The molecule has 0 unspecified atom stereocenters. The van der Waals surface area contributed by atoms with Crippen LogP contribution in [0.2, 0.25) is 0 Å². The van der Waals surface area contributed by atoms with Crippen molar-refractivity contribution in [3.63, 3.8) is 0 Å². The summed E-state index contributed by atoms with van der Waals surface area (Å²) in [7, 11) is 1.38. The second-order valence-electron chi connectivity index (χ2n) is 4.88. The fraction of sp³-hybridized carbons (Fsp3) is 0.467. The number of carbonyl (C=O) groups is 2. The molecule has 5 heteroatoms. The standard InChI is InChI=1S/C15H22N2O3/c1-5-10-20-15(19)17(4)14(18)16-13-8-6-12(7-9-13)11(2)3/h6-9,11H,5,10H2,1-4H3,(H,16,18). The SMILES string of the molecule is CCCOC(=O)N(C)C(=O)Nc1ccc(C(C)C)cc1. The number of hydrogen-bond acceptors (Lipinski definition) is 3. The number of ether oxygens (including phenoxy) is 1. The van der Waals surface area contributed by atoms with Crippen molar-refractivity contribution in [2.24, 2.45) is 0 Å². The Morgan fingerprint density at radius 3 is 2.35 bits per heavy atom. The first-order chi connectivity index (χ1) is 9.45. The number of carbonyl (C=O) groups excluding carboxylic acids is 2. The van der Waals surface area contributed by atoms with E-state index in [-0.39, 0.29) is 0 Å². The number of hydrogen-bond donors (Lipinski definition) is 1. The predicted octanol–water partition coefficient (Wildman–Crippen LogP) is 3.82. The van der Waals surface area contributed by atoms with E-state index in [1.54, 1.807) is 0 Å². The molecule has 1 aromatic carbocycles. The van der Waals surface area contributed by atoms with Gasteiger partial charge < -0.3 is 10.1 Å². The maximum absolute atomic E-state index is 11.8. The van der Waals surface area contributed by atoms with E-state index in [4.69, 9.17) is 4.74 Å². The van der Waals surface area contributed by atoms with E-state index in [1.165, 1.54) is 12.6 Å². The normalized spacial score (nSPS) is 10.2. The minimum absolute atomic E-state index is 0.305. The molecule has 1 N–H and O–H groups in total. The van der Waals surface area contributed by atoms with Gasteiger partial charge in [-0.15, -0.1) is 0 Å². The molecule has 0 saturated carbocycles. The molecule has 0 heterocycles. The second kappa shape index (κ2) is 7.53. The Bertz CT molecular complexity index is 455. The summed E-state index contributed by atoms with van der Waals surface area (Å²) in [6.07, 6.45) is 0.0702. The number of nitrogens with zero attached hydrogens (tertiary/aromatic N) is 1. The smallest absolute Gasteiger partial charge is 0.417 e. The average Bonchev–Trinajstić information content (AvgIpc) is 2.44. The van der Waals surface area contributed by atoms with Crippen molar-refractivity contribution in [3.05, 3.63) is 29.8 Å². The third kappa shape index (κ3) is 4.57. The largest absolute Gasteiger partial charge is 0.449 e. The molecule has 0 bridgehead atoms. The Labute approximate surface area is 119 Å². The van der Waals surface area contributed by atoms with E-state index < -0.39 is 12.1 Å². The molecular formula is C15H22N2O3. The summed E-state index contributed by atoms with van der Waals surface area (Å²) in [5.41, 5.74) is 1.84. The molecule has 1 aromatic rings. The zero-order valence-electron chi connectivity index (χ0n) is 12.5. The van der Waals surface area contributed by atoms with E-state index in [1.807, 2.05) is 31.2 Å². The summed E-state index contributed by atoms with van der Waals surface area (Å²) >= 11 is 0. The van der Waals surface area contributed by atoms with Crippen LogP contribution in [0.5, 0.6) is 0 Å². The van der Waals surface area contributed by atoms with Crippen LogP contribution < -0.4 is 5.32 Å². The van der Waals surface area contributed by atoms with Crippen LogP contribution in [0.3, 0.4) is 0 Å². The average molecular weight is 278 g/mol. The van der Waals surface area contributed by atoms with Crippen molar-refractivity contribution in [1.82, 2.24) is 4.90 Å². The molecule has 0 aromatic heterocycles. The minimum atomic E-state index is -0.650. The van der Waals surface area contributed by atoms with Crippen molar-refractivity contribution in [3.8, 4) is 0 Å². The van der Waals surface area contributed by atoms with Gasteiger partial charge in [-0.05, 0) is 30.0 Å². The van der Waals surface area contributed by atoms with Gasteiger partial charge in [-0.2, -0.15) is 0 Å². The zero-order chi connectivity index (χ0) is 15.1. The molecule has 3 amide bonds. The quantitative estimate of drug-likeness (QED) is 0.910. The van der Waals surface area contributed by atoms with Gasteiger partial charge in [0.05, 0.1) is 6.61 Å². The van der Waals surface area contributed by atoms with Crippen LogP contribution in [0.15, 0.2) is 24.3 Å². The summed E-state index contributed by atoms with van der Waals surface area (Å²) in [5.74, 6) is 0.437. The first kappa shape index (κ1) is 16.0. The number of benzene rings is 1. The van der Waals surface area contributed by atoms with Gasteiger partial charge in [0.1, 0.15) is 0 Å². The monoisotopic (exact) mass is 278 g/mol. The number of amides is 3. The third-order valence-corrected chi connectivity index (χ3v) is 2.84. The Morgan fingerprint density at radius 2 is 1.85 bits per heavy atom. The van der Waals surface area contributed by atoms with Gasteiger partial charge in [0.25, 0.3) is 0 Å². The number of rotatable bonds is 4. The molecule has 0 fully saturated rings. The molecular weight excluding hydrogens is 256 g/mol. The summed E-state index contributed by atoms with van der Waals surface area (Å²) in [4.78, 5) is 24.3. The van der Waals surface area contributed by atoms with Crippen LogP contribution in [0, 0.1) is 0 Å². The molecule has 110 valence electrons. The van der Waals surface area contributed by atoms with Crippen molar-refractivity contribution >= 4 is 17.8 Å². The summed E-state index contributed by atoms with van der Waals surface area (Å²) < 4.78 is 4.89. The molecule has 0 aliphatic heterocycles. The van der Waals surface area contributed by atoms with Crippen LogP contribution in [-0.2, 0) is 4.74 Å². The summed E-state index contributed by atoms with van der Waals surface area (Å²) in [5, 5.41) is 2.65. The summed E-state index contributed by atoms with van der Waals surface area (Å²) in [6, 6.07) is 7.03. The lowest BCUT2D eigenvalue weighted by Gasteiger charge is -2.16. The Hall–Kier alpha value is -2.04. The minimum Gasteiger partial charge on any atom is -0.449 e. The number of urea groups is 1. The topological polar surface area (TPSA) is 58.6 Å². The molecule has 0 spiro atoms. The molecule has 1 rings (SSSR count). The van der Waals surface area contributed by atoms with Gasteiger partial charge in [0, 0.05) is 12.7 Å². The molecule has 0 atom stereocenters. The fourth-order valence-electron chi connectivity index (χ4n) is 1.53. The zero-order valence-corrected chi connectivity index (χ0v) is 12.5. The first-order valence-corrected chi connectivity index (χ1v) is 6.77. The molecule has 5 nitrogen and oxygen atoms in total. The highest BCUT2D eigenvalue weighted by Gasteiger charge is 2.17. The van der Waals surface area contributed by atoms with E-state index in [9.17, 15) is 9.59 Å². The first-order valence-electron chi connectivity index (χ1n) is 6.77. The van der Waals surface area contributed by atoms with E-state index in [2.05, 4.69) is 19.2 Å². The van der Waals surface area contributed by atoms with E-state index >= 15 is 0 Å². The predicted molar refractivity (Wildman–Crippen MR) is 79.0 cm³/mol. The van der Waals surface area contributed by atoms with Crippen LogP contribution in [0.25, 0.3) is 0 Å². The van der Waals surface area contributed by atoms with Crippen LogP contribution in [0.1, 0.15) is 38.7 Å². The van der Waals surface area contributed by atoms with Gasteiger partial charge in [-0.1, -0.05) is 32.9 Å². The number of imide groups is 1. The summed E-state index contributed by atoms with van der Waals surface area (Å²) in [6.45, 7) is 6.40. The third-order valence-electron chi connectivity index (χ3n) is 2.84. The highest BCUT2D eigenvalue weighted by atomic mass is 16.6. The Kier molecular flexibility index (Phi) is 6.03. The molecule has 0 aliphatic rings. The Balaban J connectivity index is 2.59. The maximum atomic E-state index is 11.8. The molecule has 20 heavy (non-hydrogen) atoms. The van der Waals surface area contributed by atoms with Crippen molar-refractivity contribution < 1.29 is 14.3 Å². The van der Waals surface area contributed by atoms with Crippen molar-refractivity contribution in [2.75, 3.05) is 19.0 Å². The van der Waals surface area contributed by atoms with Gasteiger partial charge in [0.2, 0.25) is 0 Å². The lowest BCUT2D eigenvalue weighted by atomic mass is 10.0. The fourth-order valence-corrected chi connectivity index (χ4v) is 1.53. The molecule has 0 saturated heterocycles. The van der Waals surface area contributed by atoms with Gasteiger partial charge in [0.15, 0.2) is 0 Å². The number of anilines is 1. The van der Waals surface area contributed by atoms with Crippen LogP contribution in [0.4, 0.5) is 15.3 Å². The lowest BCUT2D eigenvalue weighted by molar-refractivity contribution is 0.119. The van der Waals surface area contributed by atoms with Crippen LogP contribution >= 0.6 is 0 Å². The van der Waals surface area contributed by atoms with E-state index in [0.29, 0.717) is 18.2 Å². The molecule has 0 radical (unpaired) electrons. The van der Waals surface area contributed by atoms with E-state index in [0.717, 1.165) is 11.3 Å². The van der Waals surface area contributed by atoms with Gasteiger partial charge in [-0.3, -0.25) is 0 Å². The second-order valence-corrected chi connectivity index (χ2v) is 4.88. The highest BCUT2D eigenvalue weighted by Crippen LogP contribution is 2.17. The highest BCUT2D eigenvalue weighted by molar-refractivity contribution is 5.98. The lowest BCUT2D eigenvalue weighted by Crippen LogP contribution is -2.37. The molecule has 0 aliphatic carbocycles. The van der Waals surface area contributed by atoms with Crippen molar-refractivity contribution in [1.29, 1.82) is 0 Å². The maximum Gasteiger partial charge on any atom is 0.417 e. The van der Waals surface area contributed by atoms with Gasteiger partial charge >= 0.3 is 12.1 Å². The van der Waals surface area contributed by atoms with Crippen molar-refractivity contribution in [2.45, 2.75) is 33.1 Å². The Morgan fingerprint density at radius 1 is 1.25 bits per heavy atom. The van der Waals surface area contributed by atoms with Crippen LogP contribution in [-0.4, -0.2) is 30.7 Å². The number of nitrogens with one attached hydrogen (secondary N) is 1.